The largest absolute Gasteiger partial charge is 0.394 e. The van der Waals surface area contributed by atoms with Gasteiger partial charge in [0.25, 0.3) is 0 Å². The maximum atomic E-state index is 12.4. The Kier molecular flexibility index (Phi) is 42.8. The van der Waals surface area contributed by atoms with E-state index in [1.54, 1.807) is 6.08 Å². The molecule has 0 aliphatic heterocycles. The third kappa shape index (κ3) is 39.8. The molecule has 0 saturated carbocycles. The second-order valence-corrected chi connectivity index (χ2v) is 15.8. The van der Waals surface area contributed by atoms with Crippen molar-refractivity contribution < 1.29 is 15.0 Å². The van der Waals surface area contributed by atoms with Crippen LogP contribution in [0.3, 0.4) is 0 Å². The number of aliphatic hydroxyl groups excluding tert-OH is 2. The minimum atomic E-state index is -0.863. The van der Waals surface area contributed by atoms with Crippen LogP contribution >= 0.6 is 0 Å². The molecule has 0 radical (unpaired) electrons. The van der Waals surface area contributed by atoms with Crippen LogP contribution in [0.1, 0.15) is 245 Å². The number of unbranched alkanes of at least 4 members (excludes halogenated alkanes) is 31. The lowest BCUT2D eigenvalue weighted by atomic mass is 10.0. The Morgan fingerprint density at radius 2 is 0.750 bits per heavy atom. The summed E-state index contributed by atoms with van der Waals surface area (Å²) in [6, 6.07) is -0.640. The van der Waals surface area contributed by atoms with Gasteiger partial charge in [0.15, 0.2) is 0 Å². The first-order valence-corrected chi connectivity index (χ1v) is 23.2. The molecule has 52 heavy (non-hydrogen) atoms. The molecular formula is C48H91NO3. The van der Waals surface area contributed by atoms with Crippen LogP contribution in [0, 0.1) is 0 Å². The van der Waals surface area contributed by atoms with Crippen LogP contribution in [-0.4, -0.2) is 34.9 Å². The summed E-state index contributed by atoms with van der Waals surface area (Å²) in [7, 11) is 0. The Morgan fingerprint density at radius 1 is 0.442 bits per heavy atom. The smallest absolute Gasteiger partial charge is 0.220 e. The monoisotopic (exact) mass is 730 g/mol. The Hall–Kier alpha value is -1.39. The third-order valence-electron chi connectivity index (χ3n) is 10.6. The molecule has 0 bridgehead atoms. The number of rotatable bonds is 42. The van der Waals surface area contributed by atoms with Crippen molar-refractivity contribution in [1.82, 2.24) is 5.32 Å². The van der Waals surface area contributed by atoms with Crippen LogP contribution < -0.4 is 5.32 Å². The third-order valence-corrected chi connectivity index (χ3v) is 10.6. The highest BCUT2D eigenvalue weighted by molar-refractivity contribution is 5.76. The van der Waals surface area contributed by atoms with E-state index in [1.165, 1.54) is 193 Å². The quantitative estimate of drug-likeness (QED) is 0.0433. The van der Waals surface area contributed by atoms with E-state index in [0.29, 0.717) is 6.42 Å². The molecule has 0 aromatic rings. The van der Waals surface area contributed by atoms with Gasteiger partial charge in [-0.1, -0.05) is 217 Å². The second kappa shape index (κ2) is 44.0. The van der Waals surface area contributed by atoms with E-state index >= 15 is 0 Å². The predicted molar refractivity (Wildman–Crippen MR) is 230 cm³/mol. The number of carbonyl (C=O) groups is 1. The lowest BCUT2D eigenvalue weighted by Gasteiger charge is -2.19. The van der Waals surface area contributed by atoms with E-state index in [2.05, 4.69) is 43.5 Å². The summed E-state index contributed by atoms with van der Waals surface area (Å²) in [6.45, 7) is 4.30. The standard InChI is InChI=1S/C48H91NO3/c1-3-5-7-9-11-13-15-17-19-21-22-23-24-25-26-28-29-31-33-35-37-39-41-43-47(51)46(45-50)49-48(52)44-42-40-38-36-34-32-30-27-20-18-16-14-12-10-8-6-4-2/h18,20,33,35,41,43,46-47,50-51H,3-17,19,21-32,34,36-40,42,44-45H2,1-2H3,(H,49,52)/b20-18-,35-33+,43-41+. The summed E-state index contributed by atoms with van der Waals surface area (Å²) in [5.74, 6) is -0.0773. The van der Waals surface area contributed by atoms with E-state index < -0.39 is 12.1 Å². The average molecular weight is 730 g/mol. The van der Waals surface area contributed by atoms with Gasteiger partial charge in [0.1, 0.15) is 0 Å². The Balaban J connectivity index is 3.59. The molecule has 1 amide bonds. The molecule has 0 saturated heterocycles. The van der Waals surface area contributed by atoms with Crippen molar-refractivity contribution in [3.8, 4) is 0 Å². The molecule has 0 aromatic carbocycles. The predicted octanol–water partition coefficient (Wildman–Crippen LogP) is 14.6. The minimum Gasteiger partial charge on any atom is -0.394 e. The molecule has 0 heterocycles. The molecule has 306 valence electrons. The van der Waals surface area contributed by atoms with Crippen LogP contribution in [0.5, 0.6) is 0 Å². The van der Waals surface area contributed by atoms with Gasteiger partial charge in [0.2, 0.25) is 5.91 Å². The Bertz CT molecular complexity index is 790. The molecule has 4 nitrogen and oxygen atoms in total. The molecule has 0 fully saturated rings. The SMILES string of the molecule is CCCCCCCC/C=C\CCCCCCCCCC(=O)NC(CO)C(O)/C=C/CC/C=C/CCCCCCCCCCCCCCCCCCC. The minimum absolute atomic E-state index is 0.0773. The molecule has 0 spiro atoms. The summed E-state index contributed by atoms with van der Waals surface area (Å²) >= 11 is 0. The van der Waals surface area contributed by atoms with Gasteiger partial charge < -0.3 is 15.5 Å². The van der Waals surface area contributed by atoms with E-state index in [0.717, 1.165) is 32.1 Å². The summed E-state index contributed by atoms with van der Waals surface area (Å²) in [6.07, 6.45) is 58.3. The molecule has 2 atom stereocenters. The lowest BCUT2D eigenvalue weighted by Crippen LogP contribution is -2.45. The first kappa shape index (κ1) is 50.6. The number of hydrogen-bond acceptors (Lipinski definition) is 3. The van der Waals surface area contributed by atoms with Crippen molar-refractivity contribution in [3.63, 3.8) is 0 Å². The Labute approximate surface area is 325 Å². The van der Waals surface area contributed by atoms with Crippen LogP contribution in [0.15, 0.2) is 36.5 Å². The van der Waals surface area contributed by atoms with Crippen molar-refractivity contribution in [2.45, 2.75) is 257 Å². The number of nitrogens with one attached hydrogen (secondary N) is 1. The van der Waals surface area contributed by atoms with Crippen LogP contribution in [0.2, 0.25) is 0 Å². The number of hydrogen-bond donors (Lipinski definition) is 3. The summed E-state index contributed by atoms with van der Waals surface area (Å²) in [4.78, 5) is 12.4. The summed E-state index contributed by atoms with van der Waals surface area (Å²) in [5.41, 5.74) is 0. The molecule has 3 N–H and O–H groups in total. The van der Waals surface area contributed by atoms with Crippen molar-refractivity contribution in [2.75, 3.05) is 6.61 Å². The first-order chi connectivity index (χ1) is 25.7. The number of amides is 1. The zero-order valence-corrected chi connectivity index (χ0v) is 35.1. The van der Waals surface area contributed by atoms with E-state index in [9.17, 15) is 15.0 Å². The molecule has 2 unspecified atom stereocenters. The van der Waals surface area contributed by atoms with Gasteiger partial charge in [-0.2, -0.15) is 0 Å². The van der Waals surface area contributed by atoms with Crippen molar-refractivity contribution in [1.29, 1.82) is 0 Å². The van der Waals surface area contributed by atoms with Gasteiger partial charge in [-0.3, -0.25) is 4.79 Å². The van der Waals surface area contributed by atoms with Gasteiger partial charge in [0.05, 0.1) is 18.8 Å². The second-order valence-electron chi connectivity index (χ2n) is 15.8. The molecule has 0 aromatic heterocycles. The van der Waals surface area contributed by atoms with Gasteiger partial charge in [-0.25, -0.2) is 0 Å². The van der Waals surface area contributed by atoms with E-state index in [1.807, 2.05) is 6.08 Å². The highest BCUT2D eigenvalue weighted by atomic mass is 16.3. The van der Waals surface area contributed by atoms with Gasteiger partial charge >= 0.3 is 0 Å². The molecular weight excluding hydrogens is 639 g/mol. The van der Waals surface area contributed by atoms with E-state index in [-0.39, 0.29) is 12.5 Å². The van der Waals surface area contributed by atoms with Crippen LogP contribution in [0.25, 0.3) is 0 Å². The Morgan fingerprint density at radius 3 is 1.12 bits per heavy atom. The number of carbonyl (C=O) groups excluding carboxylic acids is 1. The molecule has 4 heteroatoms. The average Bonchev–Trinajstić information content (AvgIpc) is 3.15. The zero-order valence-electron chi connectivity index (χ0n) is 35.1. The topological polar surface area (TPSA) is 69.6 Å². The van der Waals surface area contributed by atoms with E-state index in [4.69, 9.17) is 0 Å². The zero-order chi connectivity index (χ0) is 37.8. The fraction of sp³-hybridized carbons (Fsp3) is 0.854. The van der Waals surface area contributed by atoms with Crippen LogP contribution in [0.4, 0.5) is 0 Å². The first-order valence-electron chi connectivity index (χ1n) is 23.2. The van der Waals surface area contributed by atoms with Crippen LogP contribution in [-0.2, 0) is 4.79 Å². The fourth-order valence-corrected chi connectivity index (χ4v) is 7.01. The van der Waals surface area contributed by atoms with Crippen molar-refractivity contribution in [3.05, 3.63) is 36.5 Å². The maximum absolute atomic E-state index is 12.4. The number of allylic oxidation sites excluding steroid dienone is 5. The lowest BCUT2D eigenvalue weighted by molar-refractivity contribution is -0.123. The van der Waals surface area contributed by atoms with Gasteiger partial charge in [-0.15, -0.1) is 0 Å². The number of aliphatic hydroxyl groups is 2. The van der Waals surface area contributed by atoms with Gasteiger partial charge in [-0.05, 0) is 57.8 Å². The molecule has 0 rings (SSSR count). The van der Waals surface area contributed by atoms with Crippen molar-refractivity contribution in [2.24, 2.45) is 0 Å². The summed E-state index contributed by atoms with van der Waals surface area (Å²) < 4.78 is 0. The normalized spacial score (nSPS) is 13.2. The molecule has 0 aliphatic rings. The maximum Gasteiger partial charge on any atom is 0.220 e. The van der Waals surface area contributed by atoms with Crippen molar-refractivity contribution >= 4 is 5.91 Å². The summed E-state index contributed by atoms with van der Waals surface area (Å²) in [5, 5.41) is 23.0. The fourth-order valence-electron chi connectivity index (χ4n) is 7.01. The molecule has 0 aliphatic carbocycles. The van der Waals surface area contributed by atoms with Gasteiger partial charge in [0, 0.05) is 6.42 Å². The highest BCUT2D eigenvalue weighted by Crippen LogP contribution is 2.15. The highest BCUT2D eigenvalue weighted by Gasteiger charge is 2.17.